The van der Waals surface area contributed by atoms with E-state index in [1.807, 2.05) is 6.07 Å². The van der Waals surface area contributed by atoms with Crippen LogP contribution in [0.15, 0.2) is 18.2 Å². The molecule has 84 valence electrons. The molecule has 0 heterocycles. The fraction of sp³-hybridized carbons (Fsp3) is 0.500. The monoisotopic (exact) mass is 210 g/mol. The molecule has 0 spiro atoms. The molecule has 0 aliphatic rings. The van der Waals surface area contributed by atoms with E-state index in [0.29, 0.717) is 12.2 Å². The molecule has 0 radical (unpaired) electrons. The van der Waals surface area contributed by atoms with Crippen molar-refractivity contribution < 1.29 is 14.9 Å². The lowest BCUT2D eigenvalue weighted by molar-refractivity contribution is 0.0714. The van der Waals surface area contributed by atoms with Crippen LogP contribution in [0.3, 0.4) is 0 Å². The summed E-state index contributed by atoms with van der Waals surface area (Å²) in [6, 6.07) is 5.24. The maximum absolute atomic E-state index is 9.58. The maximum Gasteiger partial charge on any atom is 0.160 e. The molecule has 1 rings (SSSR count). The largest absolute Gasteiger partial charge is 0.504 e. The van der Waals surface area contributed by atoms with E-state index in [0.717, 1.165) is 12.0 Å². The minimum absolute atomic E-state index is 0.143. The third kappa shape index (κ3) is 3.80. The van der Waals surface area contributed by atoms with Gasteiger partial charge < -0.3 is 14.9 Å². The normalized spacial score (nSPS) is 11.5. The molecular formula is C12H18O3. The molecule has 2 N–H and O–H groups in total. The van der Waals surface area contributed by atoms with Crippen molar-refractivity contribution in [2.45, 2.75) is 32.3 Å². The molecule has 0 saturated heterocycles. The van der Waals surface area contributed by atoms with Gasteiger partial charge in [-0.25, -0.2) is 0 Å². The van der Waals surface area contributed by atoms with Gasteiger partial charge in [0.1, 0.15) is 0 Å². The first-order valence-corrected chi connectivity index (χ1v) is 5.00. The van der Waals surface area contributed by atoms with Gasteiger partial charge in [-0.2, -0.15) is 0 Å². The summed E-state index contributed by atoms with van der Waals surface area (Å²) in [6.07, 6.45) is 1.45. The molecule has 0 aliphatic heterocycles. The summed E-state index contributed by atoms with van der Waals surface area (Å²) in [5.41, 5.74) is 0.386. The van der Waals surface area contributed by atoms with Crippen LogP contribution in [0.1, 0.15) is 25.8 Å². The number of aryl methyl sites for hydroxylation is 1. The van der Waals surface area contributed by atoms with Crippen LogP contribution in [0.2, 0.25) is 0 Å². The fourth-order valence-electron chi connectivity index (χ4n) is 1.33. The zero-order valence-corrected chi connectivity index (χ0v) is 9.45. The van der Waals surface area contributed by atoms with E-state index in [1.54, 1.807) is 26.0 Å². The van der Waals surface area contributed by atoms with Crippen molar-refractivity contribution >= 4 is 0 Å². The number of hydrogen-bond donors (Lipinski definition) is 2. The summed E-state index contributed by atoms with van der Waals surface area (Å²) in [4.78, 5) is 0. The van der Waals surface area contributed by atoms with E-state index >= 15 is 0 Å². The smallest absolute Gasteiger partial charge is 0.160 e. The second-order valence-corrected chi connectivity index (χ2v) is 4.32. The fourth-order valence-corrected chi connectivity index (χ4v) is 1.33. The number of phenols is 1. The molecule has 3 heteroatoms. The number of aromatic hydroxyl groups is 1. The average Bonchev–Trinajstić information content (AvgIpc) is 2.15. The molecule has 0 saturated carbocycles. The van der Waals surface area contributed by atoms with Crippen molar-refractivity contribution in [3.05, 3.63) is 23.8 Å². The molecule has 0 aromatic heterocycles. The van der Waals surface area contributed by atoms with Crippen molar-refractivity contribution in [3.63, 3.8) is 0 Å². The molecule has 3 nitrogen and oxygen atoms in total. The molecule has 0 atom stereocenters. The quantitative estimate of drug-likeness (QED) is 0.800. The van der Waals surface area contributed by atoms with Crippen molar-refractivity contribution in [2.24, 2.45) is 0 Å². The van der Waals surface area contributed by atoms with E-state index in [1.165, 1.54) is 7.11 Å². The number of methoxy groups -OCH3 is 1. The van der Waals surface area contributed by atoms with Crippen LogP contribution >= 0.6 is 0 Å². The Kier molecular flexibility index (Phi) is 3.58. The van der Waals surface area contributed by atoms with Gasteiger partial charge in [-0.3, -0.25) is 0 Å². The van der Waals surface area contributed by atoms with Crippen molar-refractivity contribution in [3.8, 4) is 11.5 Å². The molecular weight excluding hydrogens is 192 g/mol. The summed E-state index contributed by atoms with van der Waals surface area (Å²) in [6.45, 7) is 3.56. The van der Waals surface area contributed by atoms with Gasteiger partial charge in [0.2, 0.25) is 0 Å². The number of aliphatic hydroxyl groups is 1. The molecule has 0 fully saturated rings. The van der Waals surface area contributed by atoms with Crippen LogP contribution in [0.5, 0.6) is 11.5 Å². The Bertz CT molecular complexity index is 326. The van der Waals surface area contributed by atoms with E-state index in [2.05, 4.69) is 0 Å². The third-order valence-electron chi connectivity index (χ3n) is 2.27. The first kappa shape index (κ1) is 11.9. The molecule has 0 aliphatic carbocycles. The number of rotatable bonds is 4. The van der Waals surface area contributed by atoms with Crippen LogP contribution in [0.4, 0.5) is 0 Å². The highest BCUT2D eigenvalue weighted by atomic mass is 16.5. The van der Waals surface area contributed by atoms with E-state index in [-0.39, 0.29) is 5.75 Å². The first-order valence-electron chi connectivity index (χ1n) is 5.00. The minimum Gasteiger partial charge on any atom is -0.504 e. The summed E-state index contributed by atoms with van der Waals surface area (Å²) in [5, 5.41) is 19.0. The van der Waals surface area contributed by atoms with Crippen molar-refractivity contribution in [2.75, 3.05) is 7.11 Å². The second kappa shape index (κ2) is 4.53. The number of benzene rings is 1. The van der Waals surface area contributed by atoms with Gasteiger partial charge in [-0.05, 0) is 44.4 Å². The van der Waals surface area contributed by atoms with Gasteiger partial charge >= 0.3 is 0 Å². The zero-order valence-electron chi connectivity index (χ0n) is 9.45. The Labute approximate surface area is 90.3 Å². The van der Waals surface area contributed by atoms with Gasteiger partial charge in [0, 0.05) is 0 Å². The summed E-state index contributed by atoms with van der Waals surface area (Å²) < 4.78 is 5.01. The topological polar surface area (TPSA) is 49.7 Å². The van der Waals surface area contributed by atoms with Gasteiger partial charge in [0.05, 0.1) is 12.7 Å². The molecule has 15 heavy (non-hydrogen) atoms. The summed E-state index contributed by atoms with van der Waals surface area (Å²) >= 11 is 0. The Hall–Kier alpha value is -1.22. The van der Waals surface area contributed by atoms with Crippen molar-refractivity contribution in [1.29, 1.82) is 0 Å². The maximum atomic E-state index is 9.58. The lowest BCUT2D eigenvalue weighted by atomic mass is 9.99. The average molecular weight is 210 g/mol. The van der Waals surface area contributed by atoms with E-state index < -0.39 is 5.60 Å². The molecule has 1 aromatic rings. The summed E-state index contributed by atoms with van der Waals surface area (Å²) in [5.74, 6) is 0.618. The standard InChI is InChI=1S/C12H18O3/c1-12(2,14)7-6-9-4-5-10(13)11(8-9)15-3/h4-5,8,13-14H,6-7H2,1-3H3. The molecule has 0 unspecified atom stereocenters. The molecule has 0 amide bonds. The predicted molar refractivity (Wildman–Crippen MR) is 59.3 cm³/mol. The third-order valence-corrected chi connectivity index (χ3v) is 2.27. The van der Waals surface area contributed by atoms with Gasteiger partial charge in [0.15, 0.2) is 11.5 Å². The molecule has 1 aromatic carbocycles. The SMILES string of the molecule is COc1cc(CCC(C)(C)O)ccc1O. The van der Waals surface area contributed by atoms with E-state index in [9.17, 15) is 10.2 Å². The lowest BCUT2D eigenvalue weighted by Gasteiger charge is -2.16. The first-order chi connectivity index (χ1) is 6.92. The number of ether oxygens (including phenoxy) is 1. The second-order valence-electron chi connectivity index (χ2n) is 4.32. The Morgan fingerprint density at radius 1 is 1.33 bits per heavy atom. The highest BCUT2D eigenvalue weighted by Crippen LogP contribution is 2.27. The van der Waals surface area contributed by atoms with Crippen LogP contribution in [0, 0.1) is 0 Å². The minimum atomic E-state index is -0.662. The van der Waals surface area contributed by atoms with Gasteiger partial charge in [0.25, 0.3) is 0 Å². The van der Waals surface area contributed by atoms with Gasteiger partial charge in [-0.1, -0.05) is 6.07 Å². The Morgan fingerprint density at radius 2 is 2.00 bits per heavy atom. The predicted octanol–water partition coefficient (Wildman–Crippen LogP) is 2.10. The summed E-state index contributed by atoms with van der Waals surface area (Å²) in [7, 11) is 1.52. The number of hydrogen-bond acceptors (Lipinski definition) is 3. The van der Waals surface area contributed by atoms with Crippen LogP contribution < -0.4 is 4.74 Å². The van der Waals surface area contributed by atoms with Gasteiger partial charge in [-0.15, -0.1) is 0 Å². The zero-order chi connectivity index (χ0) is 11.5. The highest BCUT2D eigenvalue weighted by Gasteiger charge is 2.12. The molecule has 0 bridgehead atoms. The Balaban J connectivity index is 2.70. The lowest BCUT2D eigenvalue weighted by Crippen LogP contribution is -2.19. The number of phenolic OH excluding ortho intramolecular Hbond substituents is 1. The van der Waals surface area contributed by atoms with Crippen LogP contribution in [0.25, 0.3) is 0 Å². The van der Waals surface area contributed by atoms with E-state index in [4.69, 9.17) is 4.74 Å². The Morgan fingerprint density at radius 3 is 2.53 bits per heavy atom. The van der Waals surface area contributed by atoms with Crippen molar-refractivity contribution in [1.82, 2.24) is 0 Å². The van der Waals surface area contributed by atoms with Crippen LogP contribution in [-0.4, -0.2) is 22.9 Å². The highest BCUT2D eigenvalue weighted by molar-refractivity contribution is 5.41. The van der Waals surface area contributed by atoms with Crippen LogP contribution in [-0.2, 0) is 6.42 Å².